The first-order valence-electron chi connectivity index (χ1n) is 9.84. The molecule has 1 atom stereocenters. The molecule has 154 valence electrons. The fourth-order valence-corrected chi connectivity index (χ4v) is 3.55. The van der Waals surface area contributed by atoms with Gasteiger partial charge in [0.05, 0.1) is 6.04 Å². The highest BCUT2D eigenvalue weighted by atomic mass is 35.5. The molecule has 7 heteroatoms. The van der Waals surface area contributed by atoms with Crippen molar-refractivity contribution >= 4 is 35.0 Å². The number of urea groups is 1. The number of hydrogen-bond acceptors (Lipinski definition) is 2. The number of hydrogen-bond donors (Lipinski definition) is 3. The van der Waals surface area contributed by atoms with Crippen LogP contribution in [0.4, 0.5) is 16.2 Å². The highest BCUT2D eigenvalue weighted by molar-refractivity contribution is 6.30. The van der Waals surface area contributed by atoms with Gasteiger partial charge in [0, 0.05) is 36.0 Å². The molecule has 1 fully saturated rings. The van der Waals surface area contributed by atoms with Gasteiger partial charge in [-0.1, -0.05) is 43.1 Å². The van der Waals surface area contributed by atoms with Crippen molar-refractivity contribution in [2.24, 2.45) is 5.92 Å². The molecule has 29 heavy (non-hydrogen) atoms. The van der Waals surface area contributed by atoms with E-state index in [4.69, 9.17) is 17.0 Å². The van der Waals surface area contributed by atoms with E-state index in [1.807, 2.05) is 36.1 Å². The second kappa shape index (κ2) is 9.18. The summed E-state index contributed by atoms with van der Waals surface area (Å²) in [6.45, 7) is 8.01. The third-order valence-electron chi connectivity index (χ3n) is 5.17. The fourth-order valence-electron chi connectivity index (χ4n) is 3.42. The predicted octanol–water partition coefficient (Wildman–Crippen LogP) is 4.87. The zero-order valence-corrected chi connectivity index (χ0v) is 17.8. The number of aryl methyl sites for hydroxylation is 1. The van der Waals surface area contributed by atoms with E-state index in [-0.39, 0.29) is 12.1 Å². The zero-order valence-electron chi connectivity index (χ0n) is 17.1. The van der Waals surface area contributed by atoms with Crippen LogP contribution in [-0.2, 0) is 0 Å². The van der Waals surface area contributed by atoms with Gasteiger partial charge >= 0.3 is 6.03 Å². The molecule has 2 aromatic carbocycles. The maximum atomic E-state index is 12.7. The Hall–Kier alpha value is -2.73. The number of carbonyl (C=O) groups excluding carboxylic acids is 1. The van der Waals surface area contributed by atoms with Crippen LogP contribution in [0.15, 0.2) is 48.5 Å². The molecule has 3 rings (SSSR count). The fraction of sp³-hybridized carbons (Fsp3) is 0.364. The van der Waals surface area contributed by atoms with Gasteiger partial charge in [0.1, 0.15) is 0 Å². The Morgan fingerprint density at radius 2 is 1.62 bits per heavy atom. The molecule has 2 amide bonds. The minimum atomic E-state index is -0.129. The Labute approximate surface area is 177 Å². The van der Waals surface area contributed by atoms with E-state index in [1.54, 1.807) is 24.3 Å². The summed E-state index contributed by atoms with van der Waals surface area (Å²) in [6.07, 6.45) is 0. The molecular weight excluding hydrogens is 386 g/mol. The normalized spacial score (nSPS) is 16.7. The van der Waals surface area contributed by atoms with Crippen molar-refractivity contribution in [2.75, 3.05) is 30.3 Å². The summed E-state index contributed by atoms with van der Waals surface area (Å²) in [5.41, 5.74) is 2.80. The number of halogens is 1. The number of piperazine rings is 1. The predicted molar refractivity (Wildman–Crippen MR) is 120 cm³/mol. The molecule has 1 heterocycles. The molecule has 1 aliphatic heterocycles. The molecule has 1 aliphatic rings. The number of guanidine groups is 1. The molecule has 1 unspecified atom stereocenters. The van der Waals surface area contributed by atoms with Crippen LogP contribution < -0.4 is 10.6 Å². The second-order valence-corrected chi connectivity index (χ2v) is 8.16. The van der Waals surface area contributed by atoms with Crippen molar-refractivity contribution in [2.45, 2.75) is 26.8 Å². The monoisotopic (exact) mass is 413 g/mol. The van der Waals surface area contributed by atoms with Crippen molar-refractivity contribution in [3.63, 3.8) is 0 Å². The zero-order chi connectivity index (χ0) is 21.0. The van der Waals surface area contributed by atoms with Gasteiger partial charge < -0.3 is 20.4 Å². The first-order valence-corrected chi connectivity index (χ1v) is 10.2. The van der Waals surface area contributed by atoms with Crippen molar-refractivity contribution in [1.29, 1.82) is 5.41 Å². The van der Waals surface area contributed by atoms with E-state index in [0.717, 1.165) is 11.4 Å². The van der Waals surface area contributed by atoms with Gasteiger partial charge in [-0.15, -0.1) is 0 Å². The van der Waals surface area contributed by atoms with Gasteiger partial charge in [-0.3, -0.25) is 5.41 Å². The Morgan fingerprint density at radius 1 is 1.03 bits per heavy atom. The summed E-state index contributed by atoms with van der Waals surface area (Å²) < 4.78 is 0. The third-order valence-corrected chi connectivity index (χ3v) is 5.42. The number of nitrogens with one attached hydrogen (secondary N) is 3. The minimum absolute atomic E-state index is 0.0603. The van der Waals surface area contributed by atoms with Crippen molar-refractivity contribution in [3.8, 4) is 0 Å². The highest BCUT2D eigenvalue weighted by Crippen LogP contribution is 2.20. The molecule has 0 aliphatic carbocycles. The van der Waals surface area contributed by atoms with Gasteiger partial charge in [-0.25, -0.2) is 4.79 Å². The molecule has 6 nitrogen and oxygen atoms in total. The quantitative estimate of drug-likeness (QED) is 0.496. The van der Waals surface area contributed by atoms with Crippen LogP contribution >= 0.6 is 11.6 Å². The van der Waals surface area contributed by atoms with E-state index in [0.29, 0.717) is 36.5 Å². The van der Waals surface area contributed by atoms with Crippen LogP contribution in [0, 0.1) is 18.3 Å². The Bertz CT molecular complexity index is 851. The summed E-state index contributed by atoms with van der Waals surface area (Å²) in [5, 5.41) is 15.3. The molecule has 0 radical (unpaired) electrons. The first-order chi connectivity index (χ1) is 13.8. The summed E-state index contributed by atoms with van der Waals surface area (Å²) in [4.78, 5) is 16.6. The number of rotatable bonds is 3. The van der Waals surface area contributed by atoms with Gasteiger partial charge in [0.2, 0.25) is 0 Å². The van der Waals surface area contributed by atoms with Gasteiger partial charge in [-0.2, -0.15) is 0 Å². The SMILES string of the molecule is Cc1ccc(NC(=N)N2CCN(C(=O)Nc3ccc(Cl)cc3)CC2C(C)C)cc1. The van der Waals surface area contributed by atoms with Crippen molar-refractivity contribution < 1.29 is 4.79 Å². The van der Waals surface area contributed by atoms with Crippen LogP contribution in [0.5, 0.6) is 0 Å². The maximum Gasteiger partial charge on any atom is 0.321 e. The van der Waals surface area contributed by atoms with Crippen LogP contribution in [-0.4, -0.2) is 47.5 Å². The van der Waals surface area contributed by atoms with Crippen LogP contribution in [0.1, 0.15) is 19.4 Å². The summed E-state index contributed by atoms with van der Waals surface area (Å²) >= 11 is 5.91. The molecule has 1 saturated heterocycles. The lowest BCUT2D eigenvalue weighted by molar-refractivity contribution is 0.119. The van der Waals surface area contributed by atoms with Crippen molar-refractivity contribution in [1.82, 2.24) is 9.80 Å². The lowest BCUT2D eigenvalue weighted by Crippen LogP contribution is -2.60. The average molecular weight is 414 g/mol. The number of carbonyl (C=O) groups is 1. The van der Waals surface area contributed by atoms with Crippen LogP contribution in [0.2, 0.25) is 5.02 Å². The van der Waals surface area contributed by atoms with Gasteiger partial charge in [-0.05, 0) is 49.2 Å². The molecule has 0 saturated carbocycles. The summed E-state index contributed by atoms with van der Waals surface area (Å²) in [7, 11) is 0. The Balaban J connectivity index is 1.64. The van der Waals surface area contributed by atoms with E-state index < -0.39 is 0 Å². The number of benzene rings is 2. The molecule has 2 aromatic rings. The molecular formula is C22H28ClN5O. The molecule has 3 N–H and O–H groups in total. The highest BCUT2D eigenvalue weighted by Gasteiger charge is 2.33. The second-order valence-electron chi connectivity index (χ2n) is 7.73. The maximum absolute atomic E-state index is 12.7. The van der Waals surface area contributed by atoms with Crippen LogP contribution in [0.25, 0.3) is 0 Å². The largest absolute Gasteiger partial charge is 0.336 e. The Morgan fingerprint density at radius 3 is 2.24 bits per heavy atom. The van der Waals surface area contributed by atoms with E-state index in [2.05, 4.69) is 29.4 Å². The van der Waals surface area contributed by atoms with Crippen LogP contribution in [0.3, 0.4) is 0 Å². The molecule has 0 aromatic heterocycles. The van der Waals surface area contributed by atoms with E-state index in [9.17, 15) is 4.79 Å². The lowest BCUT2D eigenvalue weighted by atomic mass is 10.00. The topological polar surface area (TPSA) is 71.5 Å². The standard InChI is InChI=1S/C22H28ClN5O/c1-15(2)20-14-27(22(29)26-19-10-6-17(23)7-11-19)12-13-28(20)21(24)25-18-8-4-16(3)5-9-18/h4-11,15,20H,12-14H2,1-3H3,(H2,24,25)(H,26,29). The van der Waals surface area contributed by atoms with E-state index in [1.165, 1.54) is 5.56 Å². The van der Waals surface area contributed by atoms with Crippen molar-refractivity contribution in [3.05, 3.63) is 59.1 Å². The minimum Gasteiger partial charge on any atom is -0.336 e. The smallest absolute Gasteiger partial charge is 0.321 e. The van der Waals surface area contributed by atoms with Gasteiger partial charge in [0.15, 0.2) is 5.96 Å². The lowest BCUT2D eigenvalue weighted by Gasteiger charge is -2.44. The molecule has 0 spiro atoms. The Kier molecular flexibility index (Phi) is 6.64. The third kappa shape index (κ3) is 5.41. The first kappa shape index (κ1) is 21.0. The number of anilines is 2. The average Bonchev–Trinajstić information content (AvgIpc) is 2.70. The summed E-state index contributed by atoms with van der Waals surface area (Å²) in [6, 6.07) is 15.0. The molecule has 0 bridgehead atoms. The summed E-state index contributed by atoms with van der Waals surface area (Å²) in [5.74, 6) is 0.659. The number of nitrogens with zero attached hydrogens (tertiary/aromatic N) is 2. The van der Waals surface area contributed by atoms with Gasteiger partial charge in [0.25, 0.3) is 0 Å². The van der Waals surface area contributed by atoms with E-state index >= 15 is 0 Å². The number of amides is 2.